The molecule has 0 bridgehead atoms. The van der Waals surface area contributed by atoms with Crippen molar-refractivity contribution in [3.63, 3.8) is 0 Å². The Morgan fingerprint density at radius 3 is 0.745 bits per heavy atom. The summed E-state index contributed by atoms with van der Waals surface area (Å²) in [4.78, 5) is 252. The summed E-state index contributed by atoms with van der Waals surface area (Å²) in [6, 6.07) is 0. The number of nitrogens with one attached hydrogen (secondary N) is 3. The molecule has 11 fully saturated rings. The van der Waals surface area contributed by atoms with Crippen LogP contribution in [0.4, 0.5) is 0 Å². The highest BCUT2D eigenvalue weighted by molar-refractivity contribution is 8.01. The van der Waals surface area contributed by atoms with E-state index in [4.69, 9.17) is 4.84 Å². The number of thioether (sulfide) groups is 4. The van der Waals surface area contributed by atoms with E-state index < -0.39 is 17.8 Å². The summed E-state index contributed by atoms with van der Waals surface area (Å²) < 4.78 is 0. The lowest BCUT2D eigenvalue weighted by Crippen LogP contribution is -2.38. The lowest BCUT2D eigenvalue weighted by Gasteiger charge is -2.30. The Bertz CT molecular complexity index is 4010. The molecule has 17 amide bonds. The quantitative estimate of drug-likeness (QED) is 0.0377. The van der Waals surface area contributed by atoms with E-state index in [-0.39, 0.29) is 164 Å². The Morgan fingerprint density at radius 2 is 0.511 bits per heavy atom. The molecule has 0 aromatic heterocycles. The van der Waals surface area contributed by atoms with Crippen molar-refractivity contribution in [3.8, 4) is 0 Å². The van der Waals surface area contributed by atoms with Crippen LogP contribution >= 0.6 is 47.0 Å². The second-order valence-corrected chi connectivity index (χ2v) is 45.9. The van der Waals surface area contributed by atoms with Crippen molar-refractivity contribution in [2.75, 3.05) is 83.4 Å². The third-order valence-electron chi connectivity index (χ3n) is 30.4. The third kappa shape index (κ3) is 37.5. The zero-order chi connectivity index (χ0) is 103. The number of ketones is 2. The fraction of sp³-hybridized carbons (Fsp3) is 0.774. The van der Waals surface area contributed by atoms with Gasteiger partial charge in [0.25, 0.3) is 35.4 Å². The standard InChI is InChI=1S/3C20H34N2O3S.C16H18N2O6.C16H25NO3S.C14H19NO3/c3*1-3-4-5-6-7-12-26-17-13-18(23)22(20(17)25)14-15-8-10-16(11-9-15)19(24)21-2;19-12-5-6-13(20)17(12)9-10-1-3-11(4-2-10)16(23)24-18-14(21)7-8-15(18)22;1-3-13(18)12-7-5-11(6-8-12)10-17-15(19)9-14(16(17)20)21-4-2;1-2-12(16)11-5-3-10(4-6-11)9-15-13(17)7-8-14(15)18/h3*15-17H,3-14H2,1-2H3,(H,21,24);5-6,10-11H,1-4,7-9H2;11-12,14H,3-10H2,1-2H3;7-8,10-11H,2-6,9H2,1H3. The molecule has 0 radical (unpaired) electrons. The van der Waals surface area contributed by atoms with Crippen LogP contribution in [0.3, 0.4) is 0 Å². The molecule has 6 saturated carbocycles. The summed E-state index contributed by atoms with van der Waals surface area (Å²) in [5.41, 5.74) is 0. The number of carbonyl (C=O) groups excluding carboxylic acids is 20. The van der Waals surface area contributed by atoms with E-state index in [1.165, 1.54) is 131 Å². The van der Waals surface area contributed by atoms with Gasteiger partial charge in [0.15, 0.2) is 0 Å². The van der Waals surface area contributed by atoms with E-state index in [9.17, 15) is 95.9 Å². The summed E-state index contributed by atoms with van der Waals surface area (Å²) in [6.45, 7) is 15.5. The van der Waals surface area contributed by atoms with Crippen molar-refractivity contribution in [2.24, 2.45) is 71.0 Å². The monoisotopic (exact) mass is 2040 g/mol. The summed E-state index contributed by atoms with van der Waals surface area (Å²) in [7, 11) is 5.03. The minimum Gasteiger partial charge on any atom is -0.359 e. The molecule has 3 N–H and O–H groups in total. The molecule has 141 heavy (non-hydrogen) atoms. The number of likely N-dealkylation sites (tertiary alicyclic amines) is 4. The van der Waals surface area contributed by atoms with Gasteiger partial charge in [-0.05, 0) is 232 Å². The molecule has 0 spiro atoms. The summed E-state index contributed by atoms with van der Waals surface area (Å²) >= 11 is 6.55. The minimum absolute atomic E-state index is 0.00129. The largest absolute Gasteiger partial charge is 0.359 e. The Balaban J connectivity index is 0.000000208. The molecule has 5 saturated heterocycles. The van der Waals surface area contributed by atoms with Crippen LogP contribution in [0.25, 0.3) is 0 Å². The number of hydrogen-bond donors (Lipinski definition) is 3. The minimum atomic E-state index is -0.563. The van der Waals surface area contributed by atoms with Gasteiger partial charge in [-0.3, -0.25) is 120 Å². The lowest BCUT2D eigenvalue weighted by atomic mass is 9.79. The molecule has 31 nitrogen and oxygen atoms in total. The SMILES string of the molecule is CCC(=O)C1CCC(CN2C(=O)C=CC2=O)CC1.CCCCCCCSC1CC(=O)N(CC2CCC(C(=O)NC)CC2)C1=O.CCCCCCCSC1CC(=O)N(CC2CCC(C(=O)NC)CC2)C1=O.CCCCCCCSC1CC(=O)N(CC2CCC(C(=O)NC)CC2)C1=O.CCSC1CC(=O)N(CC2CCC(C(=O)CC)CC2)C1=O.O=C(ON1C(=O)CCC1=O)C1CCC(CN2C(=O)C=CC2=O)CC1. The van der Waals surface area contributed by atoms with Crippen LogP contribution in [0.15, 0.2) is 24.3 Å². The maximum atomic E-state index is 12.6. The Hall–Kier alpha value is -7.92. The number of hydroxylamine groups is 2. The number of nitrogens with zero attached hydrogens (tertiary/aromatic N) is 7. The number of rotatable bonds is 44. The van der Waals surface area contributed by atoms with Crippen LogP contribution < -0.4 is 16.0 Å². The van der Waals surface area contributed by atoms with E-state index in [1.54, 1.807) is 68.2 Å². The molecule has 4 unspecified atom stereocenters. The van der Waals surface area contributed by atoms with Gasteiger partial charge < -0.3 is 20.8 Å². The molecule has 13 rings (SSSR count). The van der Waals surface area contributed by atoms with Crippen LogP contribution in [-0.2, 0) is 101 Å². The van der Waals surface area contributed by atoms with Gasteiger partial charge in [-0.2, -0.15) is 0 Å². The predicted molar refractivity (Wildman–Crippen MR) is 547 cm³/mol. The zero-order valence-corrected chi connectivity index (χ0v) is 89.0. The first-order valence-corrected chi connectivity index (χ1v) is 57.7. The van der Waals surface area contributed by atoms with Gasteiger partial charge in [-0.15, -0.1) is 52.1 Å². The van der Waals surface area contributed by atoms with Crippen molar-refractivity contribution in [1.82, 2.24) is 50.4 Å². The average Bonchev–Trinajstić information content (AvgIpc) is 1.71. The summed E-state index contributed by atoms with van der Waals surface area (Å²) in [6.07, 6.45) is 47.0. The highest BCUT2D eigenvalue weighted by Gasteiger charge is 2.47. The Kier molecular flexibility index (Phi) is 52.7. The van der Waals surface area contributed by atoms with Gasteiger partial charge in [0.2, 0.25) is 65.0 Å². The zero-order valence-electron chi connectivity index (χ0n) is 85.7. The molecule has 0 aromatic carbocycles. The Labute approximate surface area is 853 Å². The van der Waals surface area contributed by atoms with Gasteiger partial charge in [0.05, 0.1) is 26.9 Å². The third-order valence-corrected chi connectivity index (χ3v) is 35.4. The van der Waals surface area contributed by atoms with Crippen molar-refractivity contribution in [3.05, 3.63) is 24.3 Å². The number of hydrogen-bond acceptors (Lipinski definition) is 25. The van der Waals surface area contributed by atoms with Crippen LogP contribution in [0, 0.1) is 71.0 Å². The van der Waals surface area contributed by atoms with Gasteiger partial charge in [-0.1, -0.05) is 119 Å². The summed E-state index contributed by atoms with van der Waals surface area (Å²) in [5, 5.41) is 8.05. The number of Topliss-reactive ketones (excluding diaryl/α,β-unsaturated/α-hetero) is 2. The van der Waals surface area contributed by atoms with E-state index in [1.807, 2.05) is 20.8 Å². The summed E-state index contributed by atoms with van der Waals surface area (Å²) in [5.74, 6) is 4.57. The van der Waals surface area contributed by atoms with Crippen molar-refractivity contribution < 1.29 is 101 Å². The van der Waals surface area contributed by atoms with Gasteiger partial charge in [0.1, 0.15) is 11.6 Å². The predicted octanol–water partition coefficient (Wildman–Crippen LogP) is 14.8. The smallest absolute Gasteiger partial charge is 0.336 e. The molecule has 35 heteroatoms. The second-order valence-electron chi connectivity index (χ2n) is 40.5. The highest BCUT2D eigenvalue weighted by Crippen LogP contribution is 2.41. The maximum Gasteiger partial charge on any atom is 0.336 e. The molecule has 13 aliphatic rings. The fourth-order valence-corrected chi connectivity index (χ4v) is 25.9. The molecule has 6 aliphatic carbocycles. The molecule has 7 aliphatic heterocycles. The van der Waals surface area contributed by atoms with E-state index in [0.29, 0.717) is 150 Å². The number of imide groups is 7. The molecule has 7 heterocycles. The average molecular weight is 2040 g/mol. The number of carbonyl (C=O) groups is 20. The topological polar surface area (TPSA) is 409 Å². The van der Waals surface area contributed by atoms with Gasteiger partial charge >= 0.3 is 5.97 Å². The maximum absolute atomic E-state index is 12.6. The number of amides is 17. The second kappa shape index (κ2) is 62.8. The van der Waals surface area contributed by atoms with Crippen LogP contribution in [0.1, 0.15) is 343 Å². The van der Waals surface area contributed by atoms with Crippen LogP contribution in [0.5, 0.6) is 0 Å². The first kappa shape index (κ1) is 118. The van der Waals surface area contributed by atoms with Crippen molar-refractivity contribution >= 4 is 165 Å². The highest BCUT2D eigenvalue weighted by atomic mass is 32.2. The number of unbranched alkanes of at least 4 members (excludes halogenated alkanes) is 12. The lowest BCUT2D eigenvalue weighted by molar-refractivity contribution is -0.201. The molecular weight excluding hydrogens is 1880 g/mol. The van der Waals surface area contributed by atoms with Crippen molar-refractivity contribution in [2.45, 2.75) is 364 Å². The Morgan fingerprint density at radius 1 is 0.284 bits per heavy atom. The van der Waals surface area contributed by atoms with E-state index in [0.717, 1.165) is 171 Å². The van der Waals surface area contributed by atoms with E-state index >= 15 is 0 Å². The first-order chi connectivity index (χ1) is 67.8. The molecule has 4 atom stereocenters. The molecular formula is C106H164N10O21S4. The first-order valence-electron chi connectivity index (χ1n) is 53.5. The normalized spacial score (nSPS) is 27.3. The van der Waals surface area contributed by atoms with Gasteiger partial charge in [0, 0.05) is 166 Å². The molecule has 788 valence electrons. The fourth-order valence-electron chi connectivity index (χ4n) is 21.4. The van der Waals surface area contributed by atoms with Gasteiger partial charge in [-0.25, -0.2) is 4.79 Å². The van der Waals surface area contributed by atoms with Crippen LogP contribution in [-0.4, -0.2) is 257 Å². The molecule has 0 aromatic rings. The van der Waals surface area contributed by atoms with Crippen molar-refractivity contribution in [1.29, 1.82) is 0 Å². The van der Waals surface area contributed by atoms with E-state index in [2.05, 4.69) is 36.7 Å². The van der Waals surface area contributed by atoms with Crippen LogP contribution in [0.2, 0.25) is 0 Å².